The zero-order chi connectivity index (χ0) is 11.1. The molecule has 0 unspecified atom stereocenters. The lowest BCUT2D eigenvalue weighted by Crippen LogP contribution is -2.16. The zero-order valence-corrected chi connectivity index (χ0v) is 8.35. The van der Waals surface area contributed by atoms with Gasteiger partial charge in [0, 0.05) is 20.0 Å². The maximum Gasteiger partial charge on any atom is 0.288 e. The third kappa shape index (κ3) is 2.07. The van der Waals surface area contributed by atoms with Gasteiger partial charge in [0.15, 0.2) is 5.03 Å². The molecule has 0 saturated heterocycles. The van der Waals surface area contributed by atoms with Crippen LogP contribution in [0.3, 0.4) is 0 Å². The molecule has 0 aromatic carbocycles. The molecule has 2 N–H and O–H groups in total. The standard InChI is InChI=1S/C6H9F2N3O2S/c1-6(7,8)4-3-5(11(2)10-4)14(9,12)13/h3H,1-2H3,(H2,9,12,13). The second kappa shape index (κ2) is 2.99. The van der Waals surface area contributed by atoms with Crippen LogP contribution < -0.4 is 5.14 Å². The number of aromatic nitrogens is 2. The Hall–Kier alpha value is -1.02. The van der Waals surface area contributed by atoms with Crippen molar-refractivity contribution < 1.29 is 17.2 Å². The van der Waals surface area contributed by atoms with Gasteiger partial charge in [-0.1, -0.05) is 0 Å². The average molecular weight is 225 g/mol. The first-order valence-electron chi connectivity index (χ1n) is 3.57. The highest BCUT2D eigenvalue weighted by atomic mass is 32.2. The van der Waals surface area contributed by atoms with Crippen molar-refractivity contribution in [1.29, 1.82) is 0 Å². The molecule has 0 spiro atoms. The fourth-order valence-electron chi connectivity index (χ4n) is 0.931. The summed E-state index contributed by atoms with van der Waals surface area (Å²) in [4.78, 5) is 0. The minimum atomic E-state index is -4.01. The molecule has 8 heteroatoms. The van der Waals surface area contributed by atoms with Crippen LogP contribution in [0.5, 0.6) is 0 Å². The highest BCUT2D eigenvalue weighted by molar-refractivity contribution is 7.89. The van der Waals surface area contributed by atoms with E-state index >= 15 is 0 Å². The number of alkyl halides is 2. The van der Waals surface area contributed by atoms with Crippen LogP contribution in [0.1, 0.15) is 12.6 Å². The number of nitrogens with two attached hydrogens (primary N) is 1. The SMILES string of the molecule is Cn1nc(C(C)(F)F)cc1S(N)(=O)=O. The van der Waals surface area contributed by atoms with E-state index in [-0.39, 0.29) is 0 Å². The first-order chi connectivity index (χ1) is 6.12. The fraction of sp³-hybridized carbons (Fsp3) is 0.500. The number of primary sulfonamides is 1. The summed E-state index contributed by atoms with van der Waals surface area (Å²) in [6.07, 6.45) is 0. The van der Waals surface area contributed by atoms with Crippen LogP contribution in [0.25, 0.3) is 0 Å². The Bertz CT molecular complexity index is 446. The second-order valence-electron chi connectivity index (χ2n) is 2.92. The number of hydrogen-bond donors (Lipinski definition) is 1. The molecular formula is C6H9F2N3O2S. The van der Waals surface area contributed by atoms with Gasteiger partial charge in [0.25, 0.3) is 15.9 Å². The minimum Gasteiger partial charge on any atom is -0.256 e. The van der Waals surface area contributed by atoms with Gasteiger partial charge in [-0.05, 0) is 0 Å². The summed E-state index contributed by atoms with van der Waals surface area (Å²) in [7, 11) is -2.77. The van der Waals surface area contributed by atoms with Crippen LogP contribution in [-0.2, 0) is 23.0 Å². The molecule has 0 atom stereocenters. The maximum atomic E-state index is 12.7. The molecule has 0 aliphatic heterocycles. The van der Waals surface area contributed by atoms with Gasteiger partial charge in [0.2, 0.25) is 0 Å². The second-order valence-corrected chi connectivity index (χ2v) is 4.43. The van der Waals surface area contributed by atoms with Crippen LogP contribution in [0.2, 0.25) is 0 Å². The topological polar surface area (TPSA) is 78.0 Å². The Kier molecular flexibility index (Phi) is 2.36. The lowest BCUT2D eigenvalue weighted by Gasteiger charge is -2.03. The molecule has 0 radical (unpaired) electrons. The van der Waals surface area contributed by atoms with E-state index in [2.05, 4.69) is 5.10 Å². The van der Waals surface area contributed by atoms with Crippen molar-refractivity contribution in [2.45, 2.75) is 17.9 Å². The van der Waals surface area contributed by atoms with Gasteiger partial charge in [0.05, 0.1) is 0 Å². The maximum absolute atomic E-state index is 12.7. The van der Waals surface area contributed by atoms with Crippen LogP contribution in [0.4, 0.5) is 8.78 Å². The molecule has 0 aliphatic carbocycles. The average Bonchev–Trinajstić information content (AvgIpc) is 2.27. The number of aryl methyl sites for hydroxylation is 1. The van der Waals surface area contributed by atoms with E-state index in [1.807, 2.05) is 0 Å². The van der Waals surface area contributed by atoms with Crippen molar-refractivity contribution in [3.8, 4) is 0 Å². The number of hydrogen-bond acceptors (Lipinski definition) is 3. The highest BCUT2D eigenvalue weighted by Crippen LogP contribution is 2.26. The van der Waals surface area contributed by atoms with E-state index < -0.39 is 26.7 Å². The zero-order valence-electron chi connectivity index (χ0n) is 7.53. The van der Waals surface area contributed by atoms with Gasteiger partial charge in [-0.2, -0.15) is 13.9 Å². The van der Waals surface area contributed by atoms with Crippen LogP contribution in [-0.4, -0.2) is 18.2 Å². The smallest absolute Gasteiger partial charge is 0.256 e. The molecule has 0 amide bonds. The van der Waals surface area contributed by atoms with E-state index in [9.17, 15) is 17.2 Å². The van der Waals surface area contributed by atoms with Gasteiger partial charge in [0.1, 0.15) is 5.69 Å². The number of nitrogens with zero attached hydrogens (tertiary/aromatic N) is 2. The molecule has 1 aromatic heterocycles. The monoisotopic (exact) mass is 225 g/mol. The Morgan fingerprint density at radius 3 is 2.29 bits per heavy atom. The lowest BCUT2D eigenvalue weighted by molar-refractivity contribution is 0.0122. The third-order valence-corrected chi connectivity index (χ3v) is 2.54. The molecular weight excluding hydrogens is 216 g/mol. The molecule has 14 heavy (non-hydrogen) atoms. The predicted octanol–water partition coefficient (Wildman–Crippen LogP) is 0.179. The van der Waals surface area contributed by atoms with Gasteiger partial charge in [-0.3, -0.25) is 4.68 Å². The molecule has 80 valence electrons. The van der Waals surface area contributed by atoms with Crippen molar-refractivity contribution in [3.63, 3.8) is 0 Å². The van der Waals surface area contributed by atoms with Crippen LogP contribution in [0.15, 0.2) is 11.1 Å². The normalized spacial score (nSPS) is 13.2. The van der Waals surface area contributed by atoms with E-state index in [0.717, 1.165) is 10.7 Å². The summed E-state index contributed by atoms with van der Waals surface area (Å²) in [6, 6.07) is 0.759. The van der Waals surface area contributed by atoms with E-state index in [4.69, 9.17) is 5.14 Å². The van der Waals surface area contributed by atoms with E-state index in [1.165, 1.54) is 7.05 Å². The quantitative estimate of drug-likeness (QED) is 0.779. The Balaban J connectivity index is 3.33. The minimum absolute atomic E-state index is 0.436. The molecule has 1 aromatic rings. The first-order valence-corrected chi connectivity index (χ1v) is 5.12. The Morgan fingerprint density at radius 2 is 2.07 bits per heavy atom. The van der Waals surface area contributed by atoms with Crippen molar-refractivity contribution in [2.24, 2.45) is 12.2 Å². The lowest BCUT2D eigenvalue weighted by atomic mass is 10.3. The van der Waals surface area contributed by atoms with Gasteiger partial charge in [-0.15, -0.1) is 0 Å². The number of halogens is 2. The van der Waals surface area contributed by atoms with Crippen molar-refractivity contribution in [3.05, 3.63) is 11.8 Å². The highest BCUT2D eigenvalue weighted by Gasteiger charge is 2.30. The van der Waals surface area contributed by atoms with Crippen molar-refractivity contribution in [1.82, 2.24) is 9.78 Å². The fourth-order valence-corrected chi connectivity index (χ4v) is 1.62. The summed E-state index contributed by atoms with van der Waals surface area (Å²) in [6.45, 7) is 0.627. The Labute approximate surface area is 79.6 Å². The van der Waals surface area contributed by atoms with Crippen molar-refractivity contribution in [2.75, 3.05) is 0 Å². The van der Waals surface area contributed by atoms with Crippen LogP contribution in [0, 0.1) is 0 Å². The van der Waals surface area contributed by atoms with Gasteiger partial charge >= 0.3 is 0 Å². The summed E-state index contributed by atoms with van der Waals surface area (Å²) in [5.74, 6) is -3.18. The summed E-state index contributed by atoms with van der Waals surface area (Å²) < 4.78 is 48.0. The van der Waals surface area contributed by atoms with E-state index in [0.29, 0.717) is 6.92 Å². The predicted molar refractivity (Wildman–Crippen MR) is 44.1 cm³/mol. The summed E-state index contributed by atoms with van der Waals surface area (Å²) >= 11 is 0. The summed E-state index contributed by atoms with van der Waals surface area (Å²) in [5.41, 5.74) is -0.621. The Morgan fingerprint density at radius 1 is 1.57 bits per heavy atom. The third-order valence-electron chi connectivity index (χ3n) is 1.58. The molecule has 0 fully saturated rings. The van der Waals surface area contributed by atoms with Crippen molar-refractivity contribution >= 4 is 10.0 Å². The largest absolute Gasteiger partial charge is 0.288 e. The van der Waals surface area contributed by atoms with Crippen LogP contribution >= 0.6 is 0 Å². The number of sulfonamides is 1. The molecule has 0 bridgehead atoms. The molecule has 0 saturated carbocycles. The molecule has 5 nitrogen and oxygen atoms in total. The number of rotatable bonds is 2. The van der Waals surface area contributed by atoms with Gasteiger partial charge in [-0.25, -0.2) is 13.6 Å². The van der Waals surface area contributed by atoms with E-state index in [1.54, 1.807) is 0 Å². The molecule has 0 aliphatic rings. The first kappa shape index (κ1) is 11.1. The summed E-state index contributed by atoms with van der Waals surface area (Å²) in [5, 5.41) is 7.70. The molecule has 1 heterocycles. The molecule has 1 rings (SSSR count). The van der Waals surface area contributed by atoms with Gasteiger partial charge < -0.3 is 0 Å².